The lowest BCUT2D eigenvalue weighted by atomic mass is 9.72. The summed E-state index contributed by atoms with van der Waals surface area (Å²) in [4.78, 5) is 27.7. The molecule has 2 aromatic rings. The number of carbonyl (C=O) groups excluding carboxylic acids is 2. The van der Waals surface area contributed by atoms with Crippen LogP contribution in [0.5, 0.6) is 0 Å². The Balaban J connectivity index is 1.47. The second kappa shape index (κ2) is 9.21. The van der Waals surface area contributed by atoms with Crippen molar-refractivity contribution in [1.82, 2.24) is 10.2 Å². The van der Waals surface area contributed by atoms with Gasteiger partial charge in [-0.25, -0.2) is 4.39 Å². The zero-order chi connectivity index (χ0) is 21.8. The average Bonchev–Trinajstić information content (AvgIpc) is 3.34. The quantitative estimate of drug-likeness (QED) is 0.767. The van der Waals surface area contributed by atoms with E-state index in [1.165, 1.54) is 6.07 Å². The molecule has 1 saturated heterocycles. The molecule has 0 radical (unpaired) electrons. The molecule has 2 amide bonds. The van der Waals surface area contributed by atoms with Crippen molar-refractivity contribution in [2.24, 2.45) is 11.3 Å². The van der Waals surface area contributed by atoms with Gasteiger partial charge >= 0.3 is 0 Å². The maximum Gasteiger partial charge on any atom is 0.226 e. The van der Waals surface area contributed by atoms with Crippen LogP contribution in [-0.4, -0.2) is 36.9 Å². The molecule has 0 bridgehead atoms. The SMILES string of the molecule is CNC(=O)C1(Cc2ccc(-c3ccccc3F)cc2)CCN(C(=O)C2CCCC2)CC1. The van der Waals surface area contributed by atoms with Crippen molar-refractivity contribution >= 4 is 11.8 Å². The van der Waals surface area contributed by atoms with Crippen LogP contribution in [0, 0.1) is 17.2 Å². The number of amides is 2. The zero-order valence-electron chi connectivity index (χ0n) is 18.2. The summed E-state index contributed by atoms with van der Waals surface area (Å²) < 4.78 is 14.1. The number of carbonyl (C=O) groups is 2. The van der Waals surface area contributed by atoms with E-state index in [0.717, 1.165) is 36.8 Å². The molecule has 0 atom stereocenters. The predicted molar refractivity (Wildman–Crippen MR) is 120 cm³/mol. The van der Waals surface area contributed by atoms with Crippen molar-refractivity contribution in [2.45, 2.75) is 44.9 Å². The normalized spacial score (nSPS) is 18.7. The van der Waals surface area contributed by atoms with E-state index in [9.17, 15) is 14.0 Å². The minimum atomic E-state index is -0.513. The van der Waals surface area contributed by atoms with Crippen molar-refractivity contribution in [3.05, 3.63) is 59.9 Å². The van der Waals surface area contributed by atoms with Gasteiger partial charge in [-0.1, -0.05) is 55.3 Å². The van der Waals surface area contributed by atoms with E-state index < -0.39 is 5.41 Å². The zero-order valence-corrected chi connectivity index (χ0v) is 18.2. The summed E-state index contributed by atoms with van der Waals surface area (Å²) in [5.41, 5.74) is 1.95. The highest BCUT2D eigenvalue weighted by Gasteiger charge is 2.42. The molecule has 1 N–H and O–H groups in total. The summed E-state index contributed by atoms with van der Waals surface area (Å²) in [6.07, 6.45) is 6.26. The molecule has 1 heterocycles. The van der Waals surface area contributed by atoms with Crippen LogP contribution in [0.15, 0.2) is 48.5 Å². The number of hydrogen-bond acceptors (Lipinski definition) is 2. The van der Waals surface area contributed by atoms with Gasteiger partial charge in [0.1, 0.15) is 5.82 Å². The number of benzene rings is 2. The third-order valence-electron chi connectivity index (χ3n) is 7.13. The smallest absolute Gasteiger partial charge is 0.226 e. The molecule has 5 heteroatoms. The summed E-state index contributed by atoms with van der Waals surface area (Å²) in [7, 11) is 1.68. The Hall–Kier alpha value is -2.69. The van der Waals surface area contributed by atoms with Gasteiger partial charge in [0, 0.05) is 31.6 Å². The van der Waals surface area contributed by atoms with E-state index in [-0.39, 0.29) is 23.5 Å². The van der Waals surface area contributed by atoms with E-state index in [1.807, 2.05) is 35.2 Å². The standard InChI is InChI=1S/C26H31FN2O2/c1-28-25(31)26(14-16-29(17-15-26)24(30)21-6-2-3-7-21)18-19-10-12-20(13-11-19)22-8-4-5-9-23(22)27/h4-5,8-13,21H,2-3,6-7,14-18H2,1H3,(H,28,31). The average molecular weight is 423 g/mol. The van der Waals surface area contributed by atoms with Crippen molar-refractivity contribution in [2.75, 3.05) is 20.1 Å². The van der Waals surface area contributed by atoms with Crippen molar-refractivity contribution in [3.8, 4) is 11.1 Å². The van der Waals surface area contributed by atoms with Crippen LogP contribution in [0.3, 0.4) is 0 Å². The van der Waals surface area contributed by atoms with Gasteiger partial charge < -0.3 is 10.2 Å². The van der Waals surface area contributed by atoms with Gasteiger partial charge in [-0.15, -0.1) is 0 Å². The first-order valence-corrected chi connectivity index (χ1v) is 11.4. The van der Waals surface area contributed by atoms with Gasteiger partial charge in [0.05, 0.1) is 5.41 Å². The molecule has 164 valence electrons. The van der Waals surface area contributed by atoms with Crippen LogP contribution in [0.2, 0.25) is 0 Å². The van der Waals surface area contributed by atoms with E-state index in [1.54, 1.807) is 19.2 Å². The van der Waals surface area contributed by atoms with E-state index >= 15 is 0 Å². The van der Waals surface area contributed by atoms with Gasteiger partial charge in [0.25, 0.3) is 0 Å². The van der Waals surface area contributed by atoms with E-state index in [2.05, 4.69) is 5.32 Å². The fourth-order valence-electron chi connectivity index (χ4n) is 5.22. The first kappa shape index (κ1) is 21.5. The molecule has 2 aromatic carbocycles. The first-order chi connectivity index (χ1) is 15.0. The van der Waals surface area contributed by atoms with Crippen LogP contribution in [-0.2, 0) is 16.0 Å². The minimum absolute atomic E-state index is 0.0404. The Morgan fingerprint density at radius 1 is 1.03 bits per heavy atom. The number of piperidine rings is 1. The summed E-state index contributed by atoms with van der Waals surface area (Å²) in [5, 5.41) is 2.85. The molecule has 1 aliphatic heterocycles. The van der Waals surface area contributed by atoms with Gasteiger partial charge in [-0.05, 0) is 49.3 Å². The number of hydrogen-bond donors (Lipinski definition) is 1. The van der Waals surface area contributed by atoms with Gasteiger partial charge in [-0.2, -0.15) is 0 Å². The molecule has 4 rings (SSSR count). The number of halogens is 1. The molecule has 0 unspecified atom stereocenters. The number of nitrogens with one attached hydrogen (secondary N) is 1. The fraction of sp³-hybridized carbons (Fsp3) is 0.462. The largest absolute Gasteiger partial charge is 0.359 e. The van der Waals surface area contributed by atoms with Crippen LogP contribution < -0.4 is 5.32 Å². The maximum atomic E-state index is 14.1. The summed E-state index contributed by atoms with van der Waals surface area (Å²) in [5.74, 6) is 0.255. The Labute approximate surface area is 183 Å². The fourth-order valence-corrected chi connectivity index (χ4v) is 5.22. The number of nitrogens with zero attached hydrogens (tertiary/aromatic N) is 1. The molecule has 2 aliphatic rings. The molecule has 1 saturated carbocycles. The molecule has 1 aliphatic carbocycles. The number of rotatable bonds is 5. The Kier molecular flexibility index (Phi) is 6.40. The lowest BCUT2D eigenvalue weighted by molar-refractivity contribution is -0.142. The van der Waals surface area contributed by atoms with Crippen molar-refractivity contribution in [1.29, 1.82) is 0 Å². The van der Waals surface area contributed by atoms with E-state index in [0.29, 0.717) is 37.9 Å². The summed E-state index contributed by atoms with van der Waals surface area (Å²) in [6.45, 7) is 1.27. The molecular formula is C26H31FN2O2. The lowest BCUT2D eigenvalue weighted by Crippen LogP contribution is -2.51. The Morgan fingerprint density at radius 3 is 2.29 bits per heavy atom. The second-order valence-corrected chi connectivity index (χ2v) is 9.02. The molecule has 0 aromatic heterocycles. The maximum absolute atomic E-state index is 14.1. The summed E-state index contributed by atoms with van der Waals surface area (Å²) >= 11 is 0. The third kappa shape index (κ3) is 4.51. The summed E-state index contributed by atoms with van der Waals surface area (Å²) in [6, 6.07) is 14.6. The van der Waals surface area contributed by atoms with Crippen LogP contribution >= 0.6 is 0 Å². The van der Waals surface area contributed by atoms with Crippen LogP contribution in [0.1, 0.15) is 44.1 Å². The third-order valence-corrected chi connectivity index (χ3v) is 7.13. The molecule has 0 spiro atoms. The Bertz CT molecular complexity index is 927. The lowest BCUT2D eigenvalue weighted by Gasteiger charge is -2.41. The van der Waals surface area contributed by atoms with Crippen molar-refractivity contribution in [3.63, 3.8) is 0 Å². The highest BCUT2D eigenvalue weighted by molar-refractivity contribution is 5.84. The van der Waals surface area contributed by atoms with Gasteiger partial charge in [-0.3, -0.25) is 9.59 Å². The number of likely N-dealkylation sites (tertiary alicyclic amines) is 1. The highest BCUT2D eigenvalue weighted by atomic mass is 19.1. The second-order valence-electron chi connectivity index (χ2n) is 9.02. The molecule has 4 nitrogen and oxygen atoms in total. The minimum Gasteiger partial charge on any atom is -0.359 e. The topological polar surface area (TPSA) is 49.4 Å². The molecule has 2 fully saturated rings. The first-order valence-electron chi connectivity index (χ1n) is 11.4. The van der Waals surface area contributed by atoms with Crippen LogP contribution in [0.25, 0.3) is 11.1 Å². The monoisotopic (exact) mass is 422 g/mol. The van der Waals surface area contributed by atoms with E-state index in [4.69, 9.17) is 0 Å². The molecule has 31 heavy (non-hydrogen) atoms. The molecular weight excluding hydrogens is 391 g/mol. The van der Waals surface area contributed by atoms with Gasteiger partial charge in [0.15, 0.2) is 0 Å². The Morgan fingerprint density at radius 2 is 1.68 bits per heavy atom. The van der Waals surface area contributed by atoms with Crippen LogP contribution in [0.4, 0.5) is 4.39 Å². The van der Waals surface area contributed by atoms with Gasteiger partial charge in [0.2, 0.25) is 11.8 Å². The highest BCUT2D eigenvalue weighted by Crippen LogP contribution is 2.37. The predicted octanol–water partition coefficient (Wildman–Crippen LogP) is 4.58. The van der Waals surface area contributed by atoms with Crippen molar-refractivity contribution < 1.29 is 14.0 Å².